The first-order chi connectivity index (χ1) is 8.63. The van der Waals surface area contributed by atoms with Gasteiger partial charge in [0.1, 0.15) is 11.6 Å². The molecule has 2 rings (SSSR count). The minimum atomic E-state index is -0.602. The summed E-state index contributed by atoms with van der Waals surface area (Å²) in [4.78, 5) is 13.5. The van der Waals surface area contributed by atoms with Crippen LogP contribution in [0.25, 0.3) is 0 Å². The van der Waals surface area contributed by atoms with Crippen molar-refractivity contribution in [3.63, 3.8) is 0 Å². The van der Waals surface area contributed by atoms with Gasteiger partial charge in [0, 0.05) is 18.7 Å². The first-order valence-electron chi connectivity index (χ1n) is 6.08. The third-order valence-corrected chi connectivity index (χ3v) is 3.20. The second-order valence-corrected chi connectivity index (χ2v) is 4.37. The van der Waals surface area contributed by atoms with E-state index in [0.717, 1.165) is 0 Å². The van der Waals surface area contributed by atoms with Gasteiger partial charge in [-0.05, 0) is 18.6 Å². The van der Waals surface area contributed by atoms with Crippen LogP contribution in [0, 0.1) is 11.6 Å². The van der Waals surface area contributed by atoms with Gasteiger partial charge in [0.2, 0.25) is 5.91 Å². The highest BCUT2D eigenvalue weighted by molar-refractivity contribution is 5.82. The molecule has 5 heteroatoms. The minimum absolute atomic E-state index is 0.00444. The fourth-order valence-electron chi connectivity index (χ4n) is 2.14. The summed E-state index contributed by atoms with van der Waals surface area (Å²) in [7, 11) is 0. The topological polar surface area (TPSA) is 32.3 Å². The second-order valence-electron chi connectivity index (χ2n) is 4.37. The van der Waals surface area contributed by atoms with E-state index >= 15 is 0 Å². The molecule has 1 N–H and O–H groups in total. The van der Waals surface area contributed by atoms with E-state index in [4.69, 9.17) is 0 Å². The fraction of sp³-hybridized carbons (Fsp3) is 0.462. The summed E-state index contributed by atoms with van der Waals surface area (Å²) in [5.41, 5.74) is -0.0393. The molecule has 0 aliphatic carbocycles. The highest BCUT2D eigenvalue weighted by atomic mass is 19.1. The molecule has 98 valence electrons. The Labute approximate surface area is 105 Å². The molecule has 1 fully saturated rings. The van der Waals surface area contributed by atoms with Crippen molar-refractivity contribution in [1.82, 2.24) is 10.2 Å². The van der Waals surface area contributed by atoms with Crippen LogP contribution < -0.4 is 5.32 Å². The average molecular weight is 254 g/mol. The van der Waals surface area contributed by atoms with Crippen LogP contribution >= 0.6 is 0 Å². The highest BCUT2D eigenvalue weighted by Gasteiger charge is 2.27. The maximum atomic E-state index is 13.5. The Balaban J connectivity index is 2.16. The summed E-state index contributed by atoms with van der Waals surface area (Å²) in [6.07, 6.45) is 0.676. The molecular formula is C13H16F2N2O. The monoisotopic (exact) mass is 254 g/mol. The van der Waals surface area contributed by atoms with E-state index in [1.165, 1.54) is 23.1 Å². The van der Waals surface area contributed by atoms with Crippen molar-refractivity contribution < 1.29 is 13.6 Å². The molecule has 1 heterocycles. The predicted octanol–water partition coefficient (Wildman–Crippen LogP) is 1.68. The second kappa shape index (κ2) is 5.44. The molecule has 1 amide bonds. The Morgan fingerprint density at radius 2 is 2.06 bits per heavy atom. The highest BCUT2D eigenvalue weighted by Crippen LogP contribution is 2.16. The van der Waals surface area contributed by atoms with Gasteiger partial charge in [0.15, 0.2) is 0 Å². The summed E-state index contributed by atoms with van der Waals surface area (Å²) >= 11 is 0. The van der Waals surface area contributed by atoms with E-state index in [2.05, 4.69) is 5.32 Å². The Hall–Kier alpha value is -1.49. The van der Waals surface area contributed by atoms with Crippen molar-refractivity contribution in [2.24, 2.45) is 0 Å². The molecule has 1 aromatic carbocycles. The van der Waals surface area contributed by atoms with Gasteiger partial charge < -0.3 is 10.2 Å². The fourth-order valence-corrected chi connectivity index (χ4v) is 2.14. The van der Waals surface area contributed by atoms with Crippen LogP contribution in [-0.4, -0.2) is 29.9 Å². The number of amides is 1. The average Bonchev–Trinajstić information content (AvgIpc) is 2.36. The van der Waals surface area contributed by atoms with Gasteiger partial charge in [-0.15, -0.1) is 0 Å². The number of nitrogens with zero attached hydrogens (tertiary/aromatic N) is 1. The van der Waals surface area contributed by atoms with Gasteiger partial charge in [-0.3, -0.25) is 4.79 Å². The van der Waals surface area contributed by atoms with Crippen molar-refractivity contribution in [2.75, 3.05) is 13.1 Å². The Bertz CT molecular complexity index is 430. The summed E-state index contributed by atoms with van der Waals surface area (Å²) in [6.45, 7) is 3.03. The number of hydrogen-bond acceptors (Lipinski definition) is 2. The lowest BCUT2D eigenvalue weighted by Gasteiger charge is -2.32. The molecule has 0 saturated carbocycles. The van der Waals surface area contributed by atoms with E-state index in [1.807, 2.05) is 6.92 Å². The zero-order valence-electron chi connectivity index (χ0n) is 10.2. The van der Waals surface area contributed by atoms with E-state index in [0.29, 0.717) is 19.5 Å². The number of carbonyl (C=O) groups is 1. The van der Waals surface area contributed by atoms with E-state index in [-0.39, 0.29) is 24.1 Å². The lowest BCUT2D eigenvalue weighted by molar-refractivity contribution is -0.136. The van der Waals surface area contributed by atoms with E-state index < -0.39 is 11.6 Å². The van der Waals surface area contributed by atoms with Crippen LogP contribution in [0.5, 0.6) is 0 Å². The van der Waals surface area contributed by atoms with Crippen molar-refractivity contribution >= 4 is 5.91 Å². The predicted molar refractivity (Wildman–Crippen MR) is 63.9 cm³/mol. The minimum Gasteiger partial charge on any atom is -0.336 e. The number of carbonyl (C=O) groups excluding carboxylic acids is 1. The molecule has 3 nitrogen and oxygen atoms in total. The smallest absolute Gasteiger partial charge is 0.240 e. The largest absolute Gasteiger partial charge is 0.336 e. The number of halogens is 2. The standard InChI is InChI=1S/C13H16F2N2O/c1-2-12-13(18)17(7-6-16-12)8-9-10(14)4-3-5-11(9)15/h3-5,12,16H,2,6-8H2,1H3. The molecule has 0 spiro atoms. The molecule has 1 atom stereocenters. The zero-order chi connectivity index (χ0) is 13.1. The van der Waals surface area contributed by atoms with Crippen LogP contribution in [0.1, 0.15) is 18.9 Å². The van der Waals surface area contributed by atoms with Crippen molar-refractivity contribution in [3.05, 3.63) is 35.4 Å². The first kappa shape index (κ1) is 13.0. The third-order valence-electron chi connectivity index (χ3n) is 3.20. The van der Waals surface area contributed by atoms with Gasteiger partial charge in [0.05, 0.1) is 12.6 Å². The summed E-state index contributed by atoms with van der Waals surface area (Å²) in [5.74, 6) is -1.30. The molecule has 18 heavy (non-hydrogen) atoms. The van der Waals surface area contributed by atoms with Gasteiger partial charge in [0.25, 0.3) is 0 Å². The van der Waals surface area contributed by atoms with Gasteiger partial charge in [-0.1, -0.05) is 13.0 Å². The number of benzene rings is 1. The SMILES string of the molecule is CCC1NCCN(Cc2c(F)cccc2F)C1=O. The Kier molecular flexibility index (Phi) is 3.91. The summed E-state index contributed by atoms with van der Waals surface area (Å²) in [6, 6.07) is 3.50. The summed E-state index contributed by atoms with van der Waals surface area (Å²) < 4.78 is 27.0. The van der Waals surface area contributed by atoms with Crippen molar-refractivity contribution in [1.29, 1.82) is 0 Å². The first-order valence-corrected chi connectivity index (χ1v) is 6.08. The normalized spacial score (nSPS) is 20.3. The van der Waals surface area contributed by atoms with Crippen LogP contribution in [0.15, 0.2) is 18.2 Å². The molecule has 1 unspecified atom stereocenters. The molecule has 0 bridgehead atoms. The Morgan fingerprint density at radius 1 is 1.39 bits per heavy atom. The number of piperazine rings is 1. The molecule has 1 aliphatic rings. The maximum absolute atomic E-state index is 13.5. The van der Waals surface area contributed by atoms with Gasteiger partial charge >= 0.3 is 0 Å². The van der Waals surface area contributed by atoms with Crippen LogP contribution in [0.4, 0.5) is 8.78 Å². The molecule has 1 saturated heterocycles. The van der Waals surface area contributed by atoms with E-state index in [1.54, 1.807) is 0 Å². The lowest BCUT2D eigenvalue weighted by atomic mass is 10.1. The number of rotatable bonds is 3. The molecular weight excluding hydrogens is 238 g/mol. The zero-order valence-corrected chi connectivity index (χ0v) is 10.2. The Morgan fingerprint density at radius 3 is 2.67 bits per heavy atom. The summed E-state index contributed by atoms with van der Waals surface area (Å²) in [5, 5.41) is 3.08. The van der Waals surface area contributed by atoms with E-state index in [9.17, 15) is 13.6 Å². The number of nitrogens with one attached hydrogen (secondary N) is 1. The molecule has 0 radical (unpaired) electrons. The van der Waals surface area contributed by atoms with Crippen LogP contribution in [-0.2, 0) is 11.3 Å². The maximum Gasteiger partial charge on any atom is 0.240 e. The lowest BCUT2D eigenvalue weighted by Crippen LogP contribution is -2.54. The number of hydrogen-bond donors (Lipinski definition) is 1. The molecule has 0 aromatic heterocycles. The molecule has 1 aliphatic heterocycles. The third kappa shape index (κ3) is 2.51. The van der Waals surface area contributed by atoms with Crippen LogP contribution in [0.2, 0.25) is 0 Å². The van der Waals surface area contributed by atoms with Gasteiger partial charge in [-0.2, -0.15) is 0 Å². The van der Waals surface area contributed by atoms with Gasteiger partial charge in [-0.25, -0.2) is 8.78 Å². The molecule has 1 aromatic rings. The van der Waals surface area contributed by atoms with Crippen molar-refractivity contribution in [3.8, 4) is 0 Å². The quantitative estimate of drug-likeness (QED) is 0.890. The van der Waals surface area contributed by atoms with Crippen molar-refractivity contribution in [2.45, 2.75) is 25.9 Å². The van der Waals surface area contributed by atoms with Crippen LogP contribution in [0.3, 0.4) is 0 Å².